The predicted molar refractivity (Wildman–Crippen MR) is 108 cm³/mol. The maximum atomic E-state index is 13.1. The van der Waals surface area contributed by atoms with Crippen molar-refractivity contribution < 1.29 is 8.42 Å². The van der Waals surface area contributed by atoms with Crippen LogP contribution >= 0.6 is 11.3 Å². The number of hydrogen-bond donors (Lipinski definition) is 1. The van der Waals surface area contributed by atoms with E-state index in [4.69, 9.17) is 0 Å². The summed E-state index contributed by atoms with van der Waals surface area (Å²) in [6.45, 7) is 5.39. The van der Waals surface area contributed by atoms with E-state index in [1.807, 2.05) is 38.1 Å². The van der Waals surface area contributed by atoms with Gasteiger partial charge >= 0.3 is 0 Å². The molecule has 0 saturated heterocycles. The van der Waals surface area contributed by atoms with Crippen LogP contribution in [0.15, 0.2) is 52.2 Å². The lowest BCUT2D eigenvalue weighted by Gasteiger charge is -2.11. The summed E-state index contributed by atoms with van der Waals surface area (Å²) in [6.07, 6.45) is 0. The molecule has 0 aliphatic rings. The molecule has 0 bridgehead atoms. The number of thiazole rings is 1. The normalized spacial score (nSPS) is 12.0. The van der Waals surface area contributed by atoms with E-state index >= 15 is 0 Å². The molecular formula is C19H17N3O3S2. The molecule has 6 nitrogen and oxygen atoms in total. The zero-order valence-electron chi connectivity index (χ0n) is 15.0. The first-order chi connectivity index (χ1) is 12.8. The second-order valence-electron chi connectivity index (χ2n) is 6.42. The number of anilines is 1. The van der Waals surface area contributed by atoms with Crippen molar-refractivity contribution >= 4 is 42.2 Å². The Balaban J connectivity index is 1.93. The number of sulfonamides is 1. The highest BCUT2D eigenvalue weighted by molar-refractivity contribution is 7.92. The number of nitrogens with one attached hydrogen (secondary N) is 1. The van der Waals surface area contributed by atoms with Gasteiger partial charge in [-0.2, -0.15) is 0 Å². The van der Waals surface area contributed by atoms with Gasteiger partial charge in [0.15, 0.2) is 9.86 Å². The lowest BCUT2D eigenvalue weighted by atomic mass is 10.1. The van der Waals surface area contributed by atoms with Gasteiger partial charge in [-0.1, -0.05) is 29.5 Å². The summed E-state index contributed by atoms with van der Waals surface area (Å²) in [7, 11) is -4.08. The molecule has 0 aliphatic carbocycles. The summed E-state index contributed by atoms with van der Waals surface area (Å²) in [5.74, 6) is 0. The Hall–Kier alpha value is -2.71. The topological polar surface area (TPSA) is 80.5 Å². The average Bonchev–Trinajstić information content (AvgIpc) is 2.95. The summed E-state index contributed by atoms with van der Waals surface area (Å²) in [5, 5.41) is 0. The van der Waals surface area contributed by atoms with Crippen molar-refractivity contribution in [3.8, 4) is 0 Å². The minimum Gasteiger partial charge on any atom is -0.279 e. The van der Waals surface area contributed by atoms with Crippen LogP contribution in [-0.4, -0.2) is 17.8 Å². The van der Waals surface area contributed by atoms with E-state index in [1.165, 1.54) is 15.7 Å². The Morgan fingerprint density at radius 1 is 1.04 bits per heavy atom. The molecule has 1 N–H and O–H groups in total. The fraction of sp³-hybridized carbons (Fsp3) is 0.158. The lowest BCUT2D eigenvalue weighted by Crippen LogP contribution is -2.27. The van der Waals surface area contributed by atoms with Crippen LogP contribution in [0.4, 0.5) is 5.69 Å². The van der Waals surface area contributed by atoms with E-state index in [-0.39, 0.29) is 10.6 Å². The van der Waals surface area contributed by atoms with E-state index in [0.29, 0.717) is 16.2 Å². The van der Waals surface area contributed by atoms with E-state index in [1.54, 1.807) is 25.1 Å². The second-order valence-corrected chi connectivity index (χ2v) is 9.05. The first-order valence-electron chi connectivity index (χ1n) is 8.29. The molecule has 0 atom stereocenters. The third-order valence-electron chi connectivity index (χ3n) is 4.52. The highest BCUT2D eigenvalue weighted by Gasteiger charge is 2.25. The van der Waals surface area contributed by atoms with Crippen molar-refractivity contribution in [2.45, 2.75) is 25.7 Å². The fourth-order valence-corrected chi connectivity index (χ4v) is 5.37. The van der Waals surface area contributed by atoms with Crippen LogP contribution in [0.2, 0.25) is 0 Å². The Labute approximate surface area is 160 Å². The van der Waals surface area contributed by atoms with Gasteiger partial charge in [0.05, 0.1) is 15.9 Å². The van der Waals surface area contributed by atoms with Crippen LogP contribution in [-0.2, 0) is 10.0 Å². The third kappa shape index (κ3) is 2.90. The maximum absolute atomic E-state index is 13.1. The number of fused-ring (bicyclic) bond motifs is 3. The second kappa shape index (κ2) is 6.17. The van der Waals surface area contributed by atoms with Crippen LogP contribution in [0, 0.1) is 20.8 Å². The summed E-state index contributed by atoms with van der Waals surface area (Å²) in [4.78, 5) is 17.6. The van der Waals surface area contributed by atoms with Crippen molar-refractivity contribution in [3.05, 3.63) is 69.6 Å². The SMILES string of the molecule is Cc1ccc(NS(=O)(=O)c2c(C)nc3sc4ccccc4n3c2=O)cc1C. The summed E-state index contributed by atoms with van der Waals surface area (Å²) >= 11 is 1.35. The highest BCUT2D eigenvalue weighted by atomic mass is 32.2. The Morgan fingerprint density at radius 2 is 1.78 bits per heavy atom. The van der Waals surface area contributed by atoms with Crippen LogP contribution in [0.3, 0.4) is 0 Å². The van der Waals surface area contributed by atoms with Gasteiger partial charge in [-0.25, -0.2) is 17.8 Å². The molecule has 27 heavy (non-hydrogen) atoms. The molecule has 0 unspecified atom stereocenters. The number of aryl methyl sites for hydroxylation is 3. The van der Waals surface area contributed by atoms with Crippen LogP contribution in [0.25, 0.3) is 15.2 Å². The number of rotatable bonds is 3. The Bertz CT molecular complexity index is 1370. The zero-order chi connectivity index (χ0) is 19.3. The zero-order valence-corrected chi connectivity index (χ0v) is 16.6. The van der Waals surface area contributed by atoms with Gasteiger partial charge in [-0.05, 0) is 56.2 Å². The summed E-state index contributed by atoms with van der Waals surface area (Å²) in [5.41, 5.74) is 2.67. The van der Waals surface area contributed by atoms with Gasteiger partial charge in [0, 0.05) is 5.69 Å². The largest absolute Gasteiger partial charge is 0.280 e. The fourth-order valence-electron chi connectivity index (χ4n) is 3.02. The van der Waals surface area contributed by atoms with Gasteiger partial charge in [0.1, 0.15) is 0 Å². The standard InChI is InChI=1S/C19H17N3O3S2/c1-11-8-9-14(10-12(11)2)21-27(24,25)17-13(3)20-19-22(18(17)23)15-6-4-5-7-16(15)26-19/h4-10,21H,1-3H3. The third-order valence-corrected chi connectivity index (χ3v) is 7.05. The lowest BCUT2D eigenvalue weighted by molar-refractivity contribution is 0.598. The molecule has 4 aromatic rings. The number of aromatic nitrogens is 2. The Morgan fingerprint density at radius 3 is 2.52 bits per heavy atom. The quantitative estimate of drug-likeness (QED) is 0.570. The van der Waals surface area contributed by atoms with E-state index in [2.05, 4.69) is 9.71 Å². The summed E-state index contributed by atoms with van der Waals surface area (Å²) in [6, 6.07) is 12.6. The molecule has 4 rings (SSSR count). The van der Waals surface area contributed by atoms with E-state index in [0.717, 1.165) is 15.8 Å². The molecule has 2 aromatic heterocycles. The van der Waals surface area contributed by atoms with E-state index < -0.39 is 15.6 Å². The molecule has 0 aliphatic heterocycles. The molecule has 2 aromatic carbocycles. The van der Waals surface area contributed by atoms with Gasteiger partial charge in [-0.3, -0.25) is 9.52 Å². The number of hydrogen-bond acceptors (Lipinski definition) is 5. The first-order valence-corrected chi connectivity index (χ1v) is 10.6. The molecule has 8 heteroatoms. The monoisotopic (exact) mass is 399 g/mol. The van der Waals surface area contributed by atoms with Crippen LogP contribution in [0.5, 0.6) is 0 Å². The molecule has 0 fully saturated rings. The average molecular weight is 399 g/mol. The van der Waals surface area contributed by atoms with E-state index in [9.17, 15) is 13.2 Å². The number of para-hydroxylation sites is 1. The predicted octanol–water partition coefficient (Wildman–Crippen LogP) is 3.64. The van der Waals surface area contributed by atoms with Crippen molar-refractivity contribution in [2.24, 2.45) is 0 Å². The van der Waals surface area contributed by atoms with Crippen LogP contribution in [0.1, 0.15) is 16.8 Å². The minimum atomic E-state index is -4.08. The van der Waals surface area contributed by atoms with Gasteiger partial charge in [0.25, 0.3) is 15.6 Å². The van der Waals surface area contributed by atoms with Crippen molar-refractivity contribution in [2.75, 3.05) is 4.72 Å². The van der Waals surface area contributed by atoms with Crippen molar-refractivity contribution in [1.29, 1.82) is 0 Å². The Kier molecular flexibility index (Phi) is 4.05. The number of benzene rings is 2. The van der Waals surface area contributed by atoms with Gasteiger partial charge in [-0.15, -0.1) is 0 Å². The molecular weight excluding hydrogens is 382 g/mol. The minimum absolute atomic E-state index is 0.183. The van der Waals surface area contributed by atoms with Gasteiger partial charge in [0.2, 0.25) is 0 Å². The first kappa shape index (κ1) is 17.7. The van der Waals surface area contributed by atoms with Crippen molar-refractivity contribution in [3.63, 3.8) is 0 Å². The van der Waals surface area contributed by atoms with Crippen molar-refractivity contribution in [1.82, 2.24) is 9.38 Å². The van der Waals surface area contributed by atoms with Crippen LogP contribution < -0.4 is 10.3 Å². The molecule has 138 valence electrons. The summed E-state index contributed by atoms with van der Waals surface area (Å²) < 4.78 is 30.7. The molecule has 0 amide bonds. The smallest absolute Gasteiger partial charge is 0.279 e. The maximum Gasteiger partial charge on any atom is 0.280 e. The van der Waals surface area contributed by atoms with Gasteiger partial charge < -0.3 is 0 Å². The molecule has 0 saturated carbocycles. The highest BCUT2D eigenvalue weighted by Crippen LogP contribution is 2.25. The molecule has 0 spiro atoms. The molecule has 2 heterocycles. The molecule has 0 radical (unpaired) electrons. The number of nitrogens with zero attached hydrogens (tertiary/aromatic N) is 2.